The topological polar surface area (TPSA) is 118 Å². The van der Waals surface area contributed by atoms with Gasteiger partial charge in [-0.05, 0) is 45.3 Å². The number of aromatic nitrogens is 4. The monoisotopic (exact) mass is 552 g/mol. The summed E-state index contributed by atoms with van der Waals surface area (Å²) in [6, 6.07) is 8.26. The van der Waals surface area contributed by atoms with Gasteiger partial charge in [-0.25, -0.2) is 13.9 Å². The molecule has 12 nitrogen and oxygen atoms in total. The summed E-state index contributed by atoms with van der Waals surface area (Å²) in [5.41, 5.74) is 2.95. The summed E-state index contributed by atoms with van der Waals surface area (Å²) in [5.74, 6) is -0.310. The molecule has 0 radical (unpaired) electrons. The van der Waals surface area contributed by atoms with Crippen molar-refractivity contribution in [2.24, 2.45) is 5.16 Å². The fourth-order valence-corrected chi connectivity index (χ4v) is 4.06. The minimum atomic E-state index is -0.517. The van der Waals surface area contributed by atoms with Crippen molar-refractivity contribution in [3.63, 3.8) is 0 Å². The van der Waals surface area contributed by atoms with Crippen LogP contribution in [-0.2, 0) is 20.9 Å². The van der Waals surface area contributed by atoms with E-state index in [1.165, 1.54) is 11.0 Å². The molecule has 0 aliphatic carbocycles. The molecule has 2 amide bonds. The molecule has 2 aliphatic heterocycles. The number of cyclic esters (lactones) is 1. The van der Waals surface area contributed by atoms with Crippen LogP contribution in [0.2, 0.25) is 0 Å². The molecule has 4 heterocycles. The molecule has 212 valence electrons. The Morgan fingerprint density at radius 3 is 2.52 bits per heavy atom. The van der Waals surface area contributed by atoms with Crippen LogP contribution in [0.15, 0.2) is 54.1 Å². The number of rotatable bonds is 7. The zero-order valence-corrected chi connectivity index (χ0v) is 23.2. The van der Waals surface area contributed by atoms with Gasteiger partial charge in [0, 0.05) is 44.0 Å². The predicted octanol–water partition coefficient (Wildman–Crippen LogP) is 2.65. The third-order valence-corrected chi connectivity index (χ3v) is 6.15. The number of likely N-dealkylation sites (N-methyl/N-ethyl adjacent to an activating group) is 2. The lowest BCUT2D eigenvalue weighted by atomic mass is 10.0. The van der Waals surface area contributed by atoms with Gasteiger partial charge >= 0.3 is 6.09 Å². The zero-order valence-electron chi connectivity index (χ0n) is 23.2. The number of carbonyl (C=O) groups is 2. The lowest BCUT2D eigenvalue weighted by molar-refractivity contribution is -0.129. The molecule has 1 fully saturated rings. The quantitative estimate of drug-likeness (QED) is 0.439. The Balaban J connectivity index is 0.000000357. The Labute approximate surface area is 232 Å². The van der Waals surface area contributed by atoms with E-state index in [0.717, 1.165) is 5.71 Å². The number of anilines is 1. The van der Waals surface area contributed by atoms with Crippen LogP contribution in [0.3, 0.4) is 0 Å². The van der Waals surface area contributed by atoms with Gasteiger partial charge in [-0.2, -0.15) is 0 Å². The van der Waals surface area contributed by atoms with Crippen molar-refractivity contribution in [3.05, 3.63) is 60.4 Å². The van der Waals surface area contributed by atoms with Gasteiger partial charge in [0.15, 0.2) is 0 Å². The van der Waals surface area contributed by atoms with Crippen LogP contribution in [0.25, 0.3) is 11.1 Å². The first-order valence-electron chi connectivity index (χ1n) is 12.8. The smallest absolute Gasteiger partial charge is 0.414 e. The molecule has 5 rings (SSSR count). The third-order valence-electron chi connectivity index (χ3n) is 6.15. The Kier molecular flexibility index (Phi) is 9.04. The zero-order chi connectivity index (χ0) is 28.8. The first kappa shape index (κ1) is 28.6. The van der Waals surface area contributed by atoms with E-state index >= 15 is 0 Å². The molecule has 1 aromatic carbocycles. The van der Waals surface area contributed by atoms with Crippen LogP contribution in [0.1, 0.15) is 19.0 Å². The molecule has 2 aromatic heterocycles. The normalized spacial score (nSPS) is 18.1. The summed E-state index contributed by atoms with van der Waals surface area (Å²) in [7, 11) is 7.26. The van der Waals surface area contributed by atoms with Crippen LogP contribution < -0.4 is 4.90 Å². The summed E-state index contributed by atoms with van der Waals surface area (Å²) < 4.78 is 21.9. The molecule has 2 aliphatic rings. The Hall–Kier alpha value is -4.39. The summed E-state index contributed by atoms with van der Waals surface area (Å²) in [4.78, 5) is 37.5. The summed E-state index contributed by atoms with van der Waals surface area (Å²) in [5, 5.41) is 11.6. The number of oxime groups is 1. The standard InChI is InChI=1S/C21H19FN6O3.C6H14N2O/c1-13-8-20(25-31-13)19-5-2-14(10-23-19)17-4-3-15(9-18(17)22)28-12-16(30-21(28)29)11-27-7-6-24-26-27;1-7(2)5-6(9)8(3)4/h2-7,9-10,13,16H,8,11-12H2,1H3;5H2,1-4H3. The maximum atomic E-state index is 14.9. The molecule has 1 saturated heterocycles. The van der Waals surface area contributed by atoms with Gasteiger partial charge in [-0.1, -0.05) is 16.4 Å². The largest absolute Gasteiger partial charge is 0.442 e. The first-order valence-corrected chi connectivity index (χ1v) is 12.8. The summed E-state index contributed by atoms with van der Waals surface area (Å²) in [6.07, 6.45) is 4.68. The Bertz CT molecular complexity index is 1350. The SMILES string of the molecule is CC1CC(c2ccc(-c3ccc(N4CC(Cn5ccnn5)OC4=O)cc3F)cn2)=NO1.CN(C)CC(=O)N(C)C. The molecule has 40 heavy (non-hydrogen) atoms. The fraction of sp³-hybridized carbons (Fsp3) is 0.407. The van der Waals surface area contributed by atoms with Crippen molar-refractivity contribution in [3.8, 4) is 11.1 Å². The number of benzene rings is 1. The average molecular weight is 553 g/mol. The maximum Gasteiger partial charge on any atom is 0.414 e. The number of hydrogen-bond donors (Lipinski definition) is 0. The molecule has 0 N–H and O–H groups in total. The fourth-order valence-electron chi connectivity index (χ4n) is 4.06. The van der Waals surface area contributed by atoms with Crippen molar-refractivity contribution in [1.29, 1.82) is 0 Å². The molecule has 0 bridgehead atoms. The number of ether oxygens (including phenoxy) is 1. The number of hydrogen-bond acceptors (Lipinski definition) is 9. The minimum absolute atomic E-state index is 0.0366. The van der Waals surface area contributed by atoms with Crippen LogP contribution >= 0.6 is 0 Å². The predicted molar refractivity (Wildman–Crippen MR) is 146 cm³/mol. The Morgan fingerprint density at radius 2 is 1.98 bits per heavy atom. The van der Waals surface area contributed by atoms with Gasteiger partial charge in [0.2, 0.25) is 5.91 Å². The van der Waals surface area contributed by atoms with Crippen molar-refractivity contribution in [2.45, 2.75) is 32.1 Å². The molecule has 2 atom stereocenters. The Morgan fingerprint density at radius 1 is 1.18 bits per heavy atom. The van der Waals surface area contributed by atoms with Crippen molar-refractivity contribution >= 4 is 23.4 Å². The van der Waals surface area contributed by atoms with Crippen LogP contribution in [-0.4, -0.2) is 101 Å². The van der Waals surface area contributed by atoms with E-state index in [2.05, 4.69) is 20.5 Å². The molecule has 0 spiro atoms. The van der Waals surface area contributed by atoms with Crippen molar-refractivity contribution in [1.82, 2.24) is 29.8 Å². The number of carbonyl (C=O) groups excluding carboxylic acids is 2. The lowest BCUT2D eigenvalue weighted by Crippen LogP contribution is -2.32. The average Bonchev–Trinajstić information content (AvgIpc) is 3.66. The lowest BCUT2D eigenvalue weighted by Gasteiger charge is -2.14. The molecule has 0 saturated carbocycles. The van der Waals surface area contributed by atoms with E-state index < -0.39 is 11.9 Å². The van der Waals surface area contributed by atoms with E-state index in [1.807, 2.05) is 25.9 Å². The highest BCUT2D eigenvalue weighted by atomic mass is 19.1. The van der Waals surface area contributed by atoms with Gasteiger partial charge in [-0.3, -0.25) is 14.7 Å². The van der Waals surface area contributed by atoms with Crippen molar-refractivity contribution in [2.75, 3.05) is 46.2 Å². The maximum absolute atomic E-state index is 14.9. The number of pyridine rings is 1. The van der Waals surface area contributed by atoms with Crippen LogP contribution in [0.4, 0.5) is 14.9 Å². The highest BCUT2D eigenvalue weighted by molar-refractivity contribution is 5.99. The van der Waals surface area contributed by atoms with E-state index in [9.17, 15) is 14.0 Å². The van der Waals surface area contributed by atoms with Gasteiger partial charge in [0.05, 0.1) is 37.2 Å². The van der Waals surface area contributed by atoms with Crippen molar-refractivity contribution < 1.29 is 23.6 Å². The number of amides is 2. The molecule has 13 heteroatoms. The van der Waals surface area contributed by atoms with Crippen LogP contribution in [0, 0.1) is 5.82 Å². The molecule has 3 aromatic rings. The second-order valence-corrected chi connectivity index (χ2v) is 10.0. The van der Waals surface area contributed by atoms with E-state index in [1.54, 1.807) is 66.5 Å². The minimum Gasteiger partial charge on any atom is -0.442 e. The van der Waals surface area contributed by atoms with Gasteiger partial charge in [-0.15, -0.1) is 5.10 Å². The number of halogens is 1. The summed E-state index contributed by atoms with van der Waals surface area (Å²) >= 11 is 0. The molecular weight excluding hydrogens is 519 g/mol. The first-order chi connectivity index (χ1) is 19.1. The van der Waals surface area contributed by atoms with Gasteiger partial charge < -0.3 is 19.4 Å². The third kappa shape index (κ3) is 7.17. The molecular formula is C27H33FN8O4. The van der Waals surface area contributed by atoms with Gasteiger partial charge in [0.25, 0.3) is 0 Å². The number of nitrogens with zero attached hydrogens (tertiary/aromatic N) is 8. The highest BCUT2D eigenvalue weighted by Crippen LogP contribution is 2.29. The second-order valence-electron chi connectivity index (χ2n) is 10.0. The summed E-state index contributed by atoms with van der Waals surface area (Å²) in [6.45, 7) is 3.12. The highest BCUT2D eigenvalue weighted by Gasteiger charge is 2.33. The van der Waals surface area contributed by atoms with E-state index in [-0.39, 0.29) is 18.1 Å². The van der Waals surface area contributed by atoms with E-state index in [0.29, 0.717) is 48.6 Å². The van der Waals surface area contributed by atoms with E-state index in [4.69, 9.17) is 9.57 Å². The van der Waals surface area contributed by atoms with Gasteiger partial charge in [0.1, 0.15) is 23.7 Å². The second kappa shape index (κ2) is 12.6. The molecule has 2 unspecified atom stereocenters. The van der Waals surface area contributed by atoms with Crippen LogP contribution in [0.5, 0.6) is 0 Å².